The summed E-state index contributed by atoms with van der Waals surface area (Å²) in [5, 5.41) is 2.87. The number of amides is 1. The first-order valence-corrected chi connectivity index (χ1v) is 10.9. The van der Waals surface area contributed by atoms with E-state index in [0.717, 1.165) is 11.1 Å². The molecule has 0 bridgehead atoms. The first kappa shape index (κ1) is 21.1. The van der Waals surface area contributed by atoms with Crippen molar-refractivity contribution in [3.8, 4) is 11.5 Å². The van der Waals surface area contributed by atoms with Crippen molar-refractivity contribution in [2.24, 2.45) is 0 Å². The molecule has 1 aliphatic heterocycles. The lowest BCUT2D eigenvalue weighted by molar-refractivity contribution is -0.121. The topological polar surface area (TPSA) is 93.7 Å². The highest BCUT2D eigenvalue weighted by Crippen LogP contribution is 2.34. The summed E-state index contributed by atoms with van der Waals surface area (Å²) in [5.41, 5.74) is 3.27. The number of aryl methyl sites for hydroxylation is 3. The lowest BCUT2D eigenvalue weighted by Gasteiger charge is -2.16. The van der Waals surface area contributed by atoms with Gasteiger partial charge in [0.05, 0.1) is 10.9 Å². The van der Waals surface area contributed by atoms with E-state index in [4.69, 9.17) is 9.47 Å². The number of hydrogen-bond donors (Lipinski definition) is 2. The summed E-state index contributed by atoms with van der Waals surface area (Å²) in [7, 11) is -3.68. The quantitative estimate of drug-likeness (QED) is 0.721. The molecule has 0 aromatic heterocycles. The van der Waals surface area contributed by atoms with Crippen molar-refractivity contribution in [1.82, 2.24) is 10.0 Å². The van der Waals surface area contributed by atoms with Crippen molar-refractivity contribution in [3.63, 3.8) is 0 Å². The van der Waals surface area contributed by atoms with Crippen molar-refractivity contribution in [1.29, 1.82) is 0 Å². The van der Waals surface area contributed by atoms with Gasteiger partial charge in [0.2, 0.25) is 22.7 Å². The van der Waals surface area contributed by atoms with Gasteiger partial charge in [0.1, 0.15) is 0 Å². The largest absolute Gasteiger partial charge is 0.454 e. The minimum absolute atomic E-state index is 0.0226. The number of ether oxygens (including phenoxy) is 2. The molecule has 1 unspecified atom stereocenters. The fourth-order valence-electron chi connectivity index (χ4n) is 3.54. The van der Waals surface area contributed by atoms with Crippen LogP contribution < -0.4 is 19.5 Å². The van der Waals surface area contributed by atoms with E-state index in [-0.39, 0.29) is 36.6 Å². The molecule has 8 heteroatoms. The van der Waals surface area contributed by atoms with Crippen LogP contribution in [0.4, 0.5) is 0 Å². The molecule has 2 N–H and O–H groups in total. The van der Waals surface area contributed by atoms with E-state index >= 15 is 0 Å². The Bertz CT molecular complexity index is 1010. The summed E-state index contributed by atoms with van der Waals surface area (Å²) >= 11 is 0. The maximum atomic E-state index is 12.7. The predicted molar refractivity (Wildman–Crippen MR) is 110 cm³/mol. The predicted octanol–water partition coefficient (Wildman–Crippen LogP) is 2.89. The van der Waals surface area contributed by atoms with Gasteiger partial charge in [0, 0.05) is 13.0 Å². The molecule has 1 amide bonds. The van der Waals surface area contributed by atoms with E-state index in [0.29, 0.717) is 22.6 Å². The Morgan fingerprint density at radius 1 is 1.07 bits per heavy atom. The maximum absolute atomic E-state index is 12.7. The highest BCUT2D eigenvalue weighted by Gasteiger charge is 2.20. The highest BCUT2D eigenvalue weighted by molar-refractivity contribution is 7.89. The summed E-state index contributed by atoms with van der Waals surface area (Å²) in [6.45, 7) is 7.55. The van der Waals surface area contributed by atoms with Crippen molar-refractivity contribution in [2.75, 3.05) is 13.3 Å². The van der Waals surface area contributed by atoms with Crippen LogP contribution >= 0.6 is 0 Å². The summed E-state index contributed by atoms with van der Waals surface area (Å²) in [4.78, 5) is 12.5. The zero-order chi connectivity index (χ0) is 21.2. The lowest BCUT2D eigenvalue weighted by atomic mass is 10.1. The van der Waals surface area contributed by atoms with E-state index in [1.54, 1.807) is 19.9 Å². The average Bonchev–Trinajstić information content (AvgIpc) is 3.07. The molecule has 1 heterocycles. The Labute approximate surface area is 171 Å². The van der Waals surface area contributed by atoms with E-state index in [2.05, 4.69) is 10.0 Å². The van der Waals surface area contributed by atoms with Gasteiger partial charge in [-0.2, -0.15) is 0 Å². The molecule has 0 fully saturated rings. The molecule has 0 spiro atoms. The summed E-state index contributed by atoms with van der Waals surface area (Å²) in [6, 6.07) is 8.93. The van der Waals surface area contributed by atoms with Crippen LogP contribution in [0, 0.1) is 20.8 Å². The van der Waals surface area contributed by atoms with E-state index in [9.17, 15) is 13.2 Å². The Kier molecular flexibility index (Phi) is 6.14. The number of nitrogens with one attached hydrogen (secondary N) is 2. The second kappa shape index (κ2) is 8.42. The molecule has 3 rings (SSSR count). The minimum Gasteiger partial charge on any atom is -0.454 e. The van der Waals surface area contributed by atoms with Crippen LogP contribution in [-0.4, -0.2) is 27.7 Å². The van der Waals surface area contributed by atoms with E-state index in [1.165, 1.54) is 0 Å². The second-order valence-electron chi connectivity index (χ2n) is 7.28. The first-order chi connectivity index (χ1) is 13.7. The minimum atomic E-state index is -3.68. The molecule has 0 saturated carbocycles. The Morgan fingerprint density at radius 2 is 1.72 bits per heavy atom. The molecule has 2 aromatic rings. The van der Waals surface area contributed by atoms with Crippen molar-refractivity contribution < 1.29 is 22.7 Å². The van der Waals surface area contributed by atoms with Gasteiger partial charge in [0.15, 0.2) is 11.5 Å². The molecule has 2 aromatic carbocycles. The molecule has 1 atom stereocenters. The summed E-state index contributed by atoms with van der Waals surface area (Å²) in [6.07, 6.45) is 0.0398. The van der Waals surface area contributed by atoms with Crippen LogP contribution in [0.25, 0.3) is 0 Å². The average molecular weight is 419 g/mol. The third kappa shape index (κ3) is 4.89. The third-order valence-corrected chi connectivity index (χ3v) is 6.56. The SMILES string of the molecule is Cc1cc(C)c(S(=O)(=O)NCCC(=O)NC(C)c2ccc3c(c2)OCO3)c(C)c1. The van der Waals surface area contributed by atoms with Gasteiger partial charge in [-0.05, 0) is 56.5 Å². The van der Waals surface area contributed by atoms with Crippen LogP contribution in [-0.2, 0) is 14.8 Å². The zero-order valence-corrected chi connectivity index (χ0v) is 17.9. The lowest BCUT2D eigenvalue weighted by Crippen LogP contribution is -2.32. The first-order valence-electron chi connectivity index (χ1n) is 9.44. The molecular weight excluding hydrogens is 392 g/mol. The van der Waals surface area contributed by atoms with Crippen LogP contribution in [0.5, 0.6) is 11.5 Å². The molecule has 0 saturated heterocycles. The molecular formula is C21H26N2O5S. The highest BCUT2D eigenvalue weighted by atomic mass is 32.2. The molecule has 1 aliphatic rings. The maximum Gasteiger partial charge on any atom is 0.241 e. The summed E-state index contributed by atoms with van der Waals surface area (Å²) < 4.78 is 38.5. The number of carbonyl (C=O) groups is 1. The van der Waals surface area contributed by atoms with E-state index in [1.807, 2.05) is 38.1 Å². The second-order valence-corrected chi connectivity index (χ2v) is 8.98. The Balaban J connectivity index is 1.55. The van der Waals surface area contributed by atoms with Gasteiger partial charge < -0.3 is 14.8 Å². The van der Waals surface area contributed by atoms with E-state index < -0.39 is 10.0 Å². The van der Waals surface area contributed by atoms with Crippen LogP contribution in [0.3, 0.4) is 0 Å². The monoisotopic (exact) mass is 418 g/mol. The normalized spacial score (nSPS) is 13.9. The van der Waals surface area contributed by atoms with Gasteiger partial charge in [-0.15, -0.1) is 0 Å². The molecule has 156 valence electrons. The fraction of sp³-hybridized carbons (Fsp3) is 0.381. The third-order valence-electron chi connectivity index (χ3n) is 4.79. The molecule has 0 aliphatic carbocycles. The molecule has 7 nitrogen and oxygen atoms in total. The van der Waals surface area contributed by atoms with Gasteiger partial charge in [-0.1, -0.05) is 23.8 Å². The number of benzene rings is 2. The number of fused-ring (bicyclic) bond motifs is 1. The standard InChI is InChI=1S/C21H26N2O5S/c1-13-9-14(2)21(15(3)10-13)29(25,26)22-8-7-20(24)23-16(4)17-5-6-18-19(11-17)28-12-27-18/h5-6,9-11,16,22H,7-8,12H2,1-4H3,(H,23,24). The molecule has 29 heavy (non-hydrogen) atoms. The number of sulfonamides is 1. The zero-order valence-electron chi connectivity index (χ0n) is 17.0. The van der Waals surface area contributed by atoms with Crippen LogP contribution in [0.2, 0.25) is 0 Å². The van der Waals surface area contributed by atoms with Crippen molar-refractivity contribution in [3.05, 3.63) is 52.6 Å². The number of rotatable bonds is 7. The van der Waals surface area contributed by atoms with Crippen molar-refractivity contribution in [2.45, 2.75) is 45.1 Å². The smallest absolute Gasteiger partial charge is 0.241 e. The van der Waals surface area contributed by atoms with Crippen molar-refractivity contribution >= 4 is 15.9 Å². The van der Waals surface area contributed by atoms with Gasteiger partial charge >= 0.3 is 0 Å². The number of hydrogen-bond acceptors (Lipinski definition) is 5. The number of carbonyl (C=O) groups excluding carboxylic acids is 1. The molecule has 0 radical (unpaired) electrons. The summed E-state index contributed by atoms with van der Waals surface area (Å²) in [5.74, 6) is 1.10. The Hall–Kier alpha value is -2.58. The van der Waals surface area contributed by atoms with Gasteiger partial charge in [-0.25, -0.2) is 13.1 Å². The Morgan fingerprint density at radius 3 is 2.41 bits per heavy atom. The van der Waals surface area contributed by atoms with Gasteiger partial charge in [-0.3, -0.25) is 4.79 Å². The van der Waals surface area contributed by atoms with Crippen LogP contribution in [0.15, 0.2) is 35.2 Å². The van der Waals surface area contributed by atoms with Gasteiger partial charge in [0.25, 0.3) is 0 Å². The fourth-order valence-corrected chi connectivity index (χ4v) is 5.02. The van der Waals surface area contributed by atoms with Crippen LogP contribution in [0.1, 0.15) is 41.6 Å².